The molecule has 29 heavy (non-hydrogen) atoms. The number of hydrogen-bond acceptors (Lipinski definition) is 4. The van der Waals surface area contributed by atoms with Gasteiger partial charge in [0.1, 0.15) is 0 Å². The van der Waals surface area contributed by atoms with Gasteiger partial charge in [0.05, 0.1) is 11.3 Å². The Morgan fingerprint density at radius 1 is 0.966 bits per heavy atom. The minimum atomic E-state index is 0.0436. The van der Waals surface area contributed by atoms with Gasteiger partial charge in [0.15, 0.2) is 0 Å². The predicted octanol–water partition coefficient (Wildman–Crippen LogP) is 3.13. The fourth-order valence-corrected chi connectivity index (χ4v) is 4.37. The molecule has 2 aromatic rings. The quantitative estimate of drug-likeness (QED) is 0.685. The van der Waals surface area contributed by atoms with Crippen LogP contribution in [0.1, 0.15) is 21.5 Å². The molecule has 0 spiro atoms. The van der Waals surface area contributed by atoms with Gasteiger partial charge in [0.25, 0.3) is 5.91 Å². The zero-order valence-electron chi connectivity index (χ0n) is 17.4. The average Bonchev–Trinajstić information content (AvgIpc) is 2.74. The van der Waals surface area contributed by atoms with Crippen molar-refractivity contribution in [1.29, 1.82) is 0 Å². The molecule has 1 aliphatic heterocycles. The summed E-state index contributed by atoms with van der Waals surface area (Å²) in [6, 6.07) is 16.1. The van der Waals surface area contributed by atoms with Crippen LogP contribution in [0.25, 0.3) is 0 Å². The van der Waals surface area contributed by atoms with Crippen molar-refractivity contribution in [2.45, 2.75) is 18.4 Å². The molecule has 0 saturated carbocycles. The Morgan fingerprint density at radius 2 is 1.62 bits per heavy atom. The Morgan fingerprint density at radius 3 is 2.31 bits per heavy atom. The maximum Gasteiger partial charge on any atom is 0.255 e. The molecule has 0 atom stereocenters. The molecule has 0 radical (unpaired) electrons. The molecule has 5 nitrogen and oxygen atoms in total. The summed E-state index contributed by atoms with van der Waals surface area (Å²) in [5.41, 5.74) is 3.35. The molecule has 1 saturated heterocycles. The van der Waals surface area contributed by atoms with Crippen molar-refractivity contribution in [2.75, 3.05) is 46.0 Å². The fraction of sp³-hybridized carbons (Fsp3) is 0.391. The van der Waals surface area contributed by atoms with Gasteiger partial charge in [0.2, 0.25) is 5.91 Å². The van der Waals surface area contributed by atoms with Crippen LogP contribution >= 0.6 is 11.8 Å². The maximum atomic E-state index is 13.1. The second-order valence-electron chi connectivity index (χ2n) is 7.57. The van der Waals surface area contributed by atoms with E-state index < -0.39 is 0 Å². The molecule has 0 aliphatic carbocycles. The van der Waals surface area contributed by atoms with Crippen molar-refractivity contribution in [3.05, 3.63) is 65.2 Å². The lowest BCUT2D eigenvalue weighted by atomic mass is 10.1. The zero-order chi connectivity index (χ0) is 20.8. The monoisotopic (exact) mass is 411 g/mol. The van der Waals surface area contributed by atoms with Crippen LogP contribution in [0, 0.1) is 6.92 Å². The molecule has 6 heteroatoms. The predicted molar refractivity (Wildman–Crippen MR) is 118 cm³/mol. The van der Waals surface area contributed by atoms with Crippen LogP contribution in [-0.4, -0.2) is 72.5 Å². The van der Waals surface area contributed by atoms with E-state index in [0.717, 1.165) is 37.6 Å². The Balaban J connectivity index is 1.59. The summed E-state index contributed by atoms with van der Waals surface area (Å²) in [4.78, 5) is 31.8. The fourth-order valence-electron chi connectivity index (χ4n) is 3.35. The first kappa shape index (κ1) is 21.4. The van der Waals surface area contributed by atoms with Crippen molar-refractivity contribution in [1.82, 2.24) is 14.7 Å². The highest BCUT2D eigenvalue weighted by atomic mass is 32.2. The Labute approximate surface area is 177 Å². The van der Waals surface area contributed by atoms with Crippen molar-refractivity contribution < 1.29 is 9.59 Å². The van der Waals surface area contributed by atoms with E-state index in [1.807, 2.05) is 29.2 Å². The SMILES string of the molecule is Cc1ccccc1CN1CCN(C(=O)c2ccccc2SCC(=O)N(C)C)CC1. The lowest BCUT2D eigenvalue weighted by Crippen LogP contribution is -2.48. The number of aryl methyl sites for hydroxylation is 1. The summed E-state index contributed by atoms with van der Waals surface area (Å²) in [5, 5.41) is 0. The number of rotatable bonds is 6. The second-order valence-corrected chi connectivity index (χ2v) is 8.59. The van der Waals surface area contributed by atoms with Gasteiger partial charge in [0, 0.05) is 51.7 Å². The maximum absolute atomic E-state index is 13.1. The van der Waals surface area contributed by atoms with Gasteiger partial charge in [-0.15, -0.1) is 11.8 Å². The Bertz CT molecular complexity index is 861. The van der Waals surface area contributed by atoms with Gasteiger partial charge in [-0.2, -0.15) is 0 Å². The number of nitrogens with zero attached hydrogens (tertiary/aromatic N) is 3. The summed E-state index contributed by atoms with van der Waals surface area (Å²) in [7, 11) is 3.49. The van der Waals surface area contributed by atoms with Crippen molar-refractivity contribution in [3.63, 3.8) is 0 Å². The van der Waals surface area contributed by atoms with Crippen LogP contribution in [0.3, 0.4) is 0 Å². The first-order valence-corrected chi connectivity index (χ1v) is 10.9. The van der Waals surface area contributed by atoms with Gasteiger partial charge in [-0.25, -0.2) is 0 Å². The minimum Gasteiger partial charge on any atom is -0.348 e. The first-order chi connectivity index (χ1) is 14.0. The molecule has 2 aromatic carbocycles. The molecule has 2 amide bonds. The first-order valence-electron chi connectivity index (χ1n) is 9.94. The molecule has 0 unspecified atom stereocenters. The topological polar surface area (TPSA) is 43.9 Å². The summed E-state index contributed by atoms with van der Waals surface area (Å²) in [6.07, 6.45) is 0. The highest BCUT2D eigenvalue weighted by Gasteiger charge is 2.24. The van der Waals surface area contributed by atoms with Crippen LogP contribution in [-0.2, 0) is 11.3 Å². The summed E-state index contributed by atoms with van der Waals surface area (Å²) < 4.78 is 0. The van der Waals surface area contributed by atoms with Gasteiger partial charge in [-0.1, -0.05) is 36.4 Å². The molecule has 0 bridgehead atoms. The largest absolute Gasteiger partial charge is 0.348 e. The van der Waals surface area contributed by atoms with Crippen LogP contribution in [0.4, 0.5) is 0 Å². The lowest BCUT2D eigenvalue weighted by Gasteiger charge is -2.35. The van der Waals surface area contributed by atoms with Crippen LogP contribution in [0.2, 0.25) is 0 Å². The van der Waals surface area contributed by atoms with Crippen molar-refractivity contribution in [3.8, 4) is 0 Å². The van der Waals surface area contributed by atoms with E-state index in [-0.39, 0.29) is 11.8 Å². The standard InChI is InChI=1S/C23H29N3O2S/c1-18-8-4-5-9-19(18)16-25-12-14-26(15-13-25)23(28)20-10-6-7-11-21(20)29-17-22(27)24(2)3/h4-11H,12-17H2,1-3H3. The zero-order valence-corrected chi connectivity index (χ0v) is 18.2. The van der Waals surface area contributed by atoms with Gasteiger partial charge in [-0.3, -0.25) is 14.5 Å². The third kappa shape index (κ3) is 5.61. The molecular weight excluding hydrogens is 382 g/mol. The molecule has 1 heterocycles. The van der Waals surface area contributed by atoms with E-state index in [1.165, 1.54) is 22.9 Å². The molecule has 1 fully saturated rings. The van der Waals surface area contributed by atoms with Gasteiger partial charge in [-0.05, 0) is 30.2 Å². The molecule has 3 rings (SSSR count). The van der Waals surface area contributed by atoms with Crippen LogP contribution in [0.5, 0.6) is 0 Å². The number of piperazine rings is 1. The molecule has 154 valence electrons. The number of carbonyl (C=O) groups excluding carboxylic acids is 2. The number of carbonyl (C=O) groups is 2. The van der Waals surface area contributed by atoms with E-state index in [1.54, 1.807) is 19.0 Å². The Hall–Kier alpha value is -2.31. The number of benzene rings is 2. The van der Waals surface area contributed by atoms with E-state index >= 15 is 0 Å². The smallest absolute Gasteiger partial charge is 0.255 e. The Kier molecular flexibility index (Phi) is 7.34. The average molecular weight is 412 g/mol. The van der Waals surface area contributed by atoms with E-state index in [4.69, 9.17) is 0 Å². The van der Waals surface area contributed by atoms with E-state index in [9.17, 15) is 9.59 Å². The molecular formula is C23H29N3O2S. The second kappa shape index (κ2) is 9.94. The third-order valence-electron chi connectivity index (χ3n) is 5.28. The summed E-state index contributed by atoms with van der Waals surface area (Å²) in [6.45, 7) is 6.25. The normalized spacial score (nSPS) is 14.7. The van der Waals surface area contributed by atoms with E-state index in [2.05, 4.69) is 36.1 Å². The number of thioether (sulfide) groups is 1. The third-order valence-corrected chi connectivity index (χ3v) is 6.34. The summed E-state index contributed by atoms with van der Waals surface area (Å²) >= 11 is 1.43. The highest BCUT2D eigenvalue weighted by Crippen LogP contribution is 2.25. The van der Waals surface area contributed by atoms with Crippen LogP contribution in [0.15, 0.2) is 53.4 Å². The summed E-state index contributed by atoms with van der Waals surface area (Å²) in [5.74, 6) is 0.435. The van der Waals surface area contributed by atoms with Crippen LogP contribution < -0.4 is 0 Å². The molecule has 0 aromatic heterocycles. The minimum absolute atomic E-state index is 0.0436. The number of hydrogen-bond donors (Lipinski definition) is 0. The number of amides is 2. The lowest BCUT2D eigenvalue weighted by molar-refractivity contribution is -0.125. The van der Waals surface area contributed by atoms with Crippen molar-refractivity contribution >= 4 is 23.6 Å². The highest BCUT2D eigenvalue weighted by molar-refractivity contribution is 8.00. The van der Waals surface area contributed by atoms with Gasteiger partial charge < -0.3 is 9.80 Å². The molecule has 1 aliphatic rings. The molecule has 0 N–H and O–H groups in total. The van der Waals surface area contributed by atoms with E-state index in [0.29, 0.717) is 11.3 Å². The van der Waals surface area contributed by atoms with Crippen molar-refractivity contribution in [2.24, 2.45) is 0 Å². The van der Waals surface area contributed by atoms with Gasteiger partial charge >= 0.3 is 0 Å².